The van der Waals surface area contributed by atoms with Gasteiger partial charge in [0.25, 0.3) is 0 Å². The van der Waals surface area contributed by atoms with E-state index in [0.29, 0.717) is 24.0 Å². The summed E-state index contributed by atoms with van der Waals surface area (Å²) < 4.78 is 5.29. The molecular weight excluding hydrogens is 596 g/mol. The van der Waals surface area contributed by atoms with Crippen LogP contribution in [0.5, 0.6) is 11.5 Å². The van der Waals surface area contributed by atoms with Crippen molar-refractivity contribution in [3.05, 3.63) is 52.8 Å². The number of phenolic OH excluding ortho intramolecular Hbond substituents is 2. The number of allylic oxidation sites excluding steroid dienone is 5. The highest BCUT2D eigenvalue weighted by Gasteiger charge is 2.32. The van der Waals surface area contributed by atoms with Gasteiger partial charge in [0, 0.05) is 28.9 Å². The van der Waals surface area contributed by atoms with Crippen LogP contribution in [-0.4, -0.2) is 28.9 Å². The fraction of sp³-hybridized carbons (Fsp3) is 0.674. The molecule has 0 unspecified atom stereocenters. The number of phenols is 2. The zero-order valence-corrected chi connectivity index (χ0v) is 30.9. The van der Waals surface area contributed by atoms with Gasteiger partial charge in [-0.1, -0.05) is 142 Å². The third kappa shape index (κ3) is 16.1. The van der Waals surface area contributed by atoms with Crippen LogP contribution in [0.25, 0.3) is 5.57 Å². The number of rotatable bonds is 29. The van der Waals surface area contributed by atoms with Crippen molar-refractivity contribution >= 4 is 17.1 Å². The molecule has 0 bridgehead atoms. The summed E-state index contributed by atoms with van der Waals surface area (Å²) in [4.78, 5) is 27.0. The second kappa shape index (κ2) is 26.1. The molecule has 48 heavy (non-hydrogen) atoms. The van der Waals surface area contributed by atoms with Gasteiger partial charge in [-0.3, -0.25) is 9.59 Å². The topological polar surface area (TPSA) is 83.8 Å². The lowest BCUT2D eigenvalue weighted by Crippen LogP contribution is -2.20. The average molecular weight is 665 g/mol. The van der Waals surface area contributed by atoms with E-state index in [1.54, 1.807) is 6.07 Å². The van der Waals surface area contributed by atoms with Crippen LogP contribution in [-0.2, 0) is 20.7 Å². The molecule has 5 heteroatoms. The molecule has 1 aliphatic rings. The monoisotopic (exact) mass is 665 g/mol. The average Bonchev–Trinajstić information content (AvgIpc) is 3.07. The molecule has 0 heterocycles. The van der Waals surface area contributed by atoms with Gasteiger partial charge in [-0.05, 0) is 63.0 Å². The third-order valence-corrected chi connectivity index (χ3v) is 9.70. The van der Waals surface area contributed by atoms with E-state index in [4.69, 9.17) is 4.74 Å². The number of carbonyl (C=O) groups is 2. The van der Waals surface area contributed by atoms with E-state index in [9.17, 15) is 19.8 Å². The third-order valence-electron chi connectivity index (χ3n) is 9.70. The molecule has 1 aromatic rings. The lowest BCUT2D eigenvalue weighted by atomic mass is 9.82. The van der Waals surface area contributed by atoms with E-state index in [1.807, 2.05) is 0 Å². The highest BCUT2D eigenvalue weighted by atomic mass is 16.5. The highest BCUT2D eigenvalue weighted by Crippen LogP contribution is 2.40. The summed E-state index contributed by atoms with van der Waals surface area (Å²) in [5.74, 6) is -0.736. The molecule has 0 aliphatic heterocycles. The van der Waals surface area contributed by atoms with Gasteiger partial charge in [0.2, 0.25) is 5.78 Å². The molecule has 5 nitrogen and oxygen atoms in total. The number of methoxy groups -OCH3 is 1. The van der Waals surface area contributed by atoms with Crippen LogP contribution in [0.15, 0.2) is 41.7 Å². The van der Waals surface area contributed by atoms with E-state index in [-0.39, 0.29) is 34.4 Å². The number of aryl methyl sites for hydroxylation is 1. The Kier molecular flexibility index (Phi) is 22.5. The number of hydrogen-bond acceptors (Lipinski definition) is 5. The second-order valence-corrected chi connectivity index (χ2v) is 13.9. The standard InChI is InChI=1S/C43H68O5/c1-4-6-8-10-12-14-16-17-18-19-21-23-25-27-29-31-37-42(39(46)34-40(48-3)43(37)47)41-35(32-36(44)33-38(41)45)30-28-26-24-22-20-15-13-11-9-7-5-2/h17-18,32-34,44-45H,4-16,19-31H2,1-3H3/b18-17-. The Bertz CT molecular complexity index is 1160. The van der Waals surface area contributed by atoms with Crippen molar-refractivity contribution in [2.75, 3.05) is 7.11 Å². The number of aromatic hydroxyl groups is 2. The van der Waals surface area contributed by atoms with Gasteiger partial charge in [0.05, 0.1) is 7.11 Å². The van der Waals surface area contributed by atoms with Crippen LogP contribution in [0.2, 0.25) is 0 Å². The Labute approximate surface area is 293 Å². The van der Waals surface area contributed by atoms with E-state index in [2.05, 4.69) is 26.0 Å². The van der Waals surface area contributed by atoms with E-state index in [1.165, 1.54) is 122 Å². The van der Waals surface area contributed by atoms with E-state index in [0.717, 1.165) is 56.9 Å². The zero-order valence-electron chi connectivity index (χ0n) is 30.9. The summed E-state index contributed by atoms with van der Waals surface area (Å²) in [6.07, 6.45) is 36.0. The van der Waals surface area contributed by atoms with Crippen LogP contribution in [0.1, 0.15) is 185 Å². The maximum atomic E-state index is 13.5. The zero-order chi connectivity index (χ0) is 34.8. The van der Waals surface area contributed by atoms with Crippen molar-refractivity contribution in [3.8, 4) is 11.5 Å². The van der Waals surface area contributed by atoms with Crippen molar-refractivity contribution in [1.29, 1.82) is 0 Å². The number of ether oxygens (including phenoxy) is 1. The van der Waals surface area contributed by atoms with E-state index >= 15 is 0 Å². The number of benzene rings is 1. The molecule has 0 atom stereocenters. The molecule has 0 saturated heterocycles. The minimum atomic E-state index is -0.324. The van der Waals surface area contributed by atoms with Crippen molar-refractivity contribution in [1.82, 2.24) is 0 Å². The normalized spacial score (nSPS) is 13.6. The summed E-state index contributed by atoms with van der Waals surface area (Å²) in [7, 11) is 1.41. The van der Waals surface area contributed by atoms with Crippen molar-refractivity contribution < 1.29 is 24.5 Å². The number of hydrogen-bond donors (Lipinski definition) is 2. The number of Topliss-reactive ketones (excluding diaryl/α,β-unsaturated/α-hetero) is 1. The van der Waals surface area contributed by atoms with Crippen molar-refractivity contribution in [2.24, 2.45) is 0 Å². The number of carbonyl (C=O) groups excluding carboxylic acids is 2. The smallest absolute Gasteiger partial charge is 0.224 e. The molecule has 0 aromatic heterocycles. The Morgan fingerprint density at radius 2 is 1.06 bits per heavy atom. The van der Waals surface area contributed by atoms with Gasteiger partial charge in [0.1, 0.15) is 11.5 Å². The fourth-order valence-corrected chi connectivity index (χ4v) is 6.84. The molecular formula is C43H68O5. The maximum Gasteiger partial charge on any atom is 0.224 e. The van der Waals surface area contributed by atoms with Gasteiger partial charge in [0.15, 0.2) is 11.5 Å². The quantitative estimate of drug-likeness (QED) is 0.0506. The molecule has 2 rings (SSSR count). The van der Waals surface area contributed by atoms with Crippen LogP contribution in [0.3, 0.4) is 0 Å². The minimum absolute atomic E-state index is 0.0311. The molecule has 1 aromatic carbocycles. The highest BCUT2D eigenvalue weighted by molar-refractivity contribution is 6.37. The van der Waals surface area contributed by atoms with Gasteiger partial charge in [-0.2, -0.15) is 0 Å². The lowest BCUT2D eigenvalue weighted by Gasteiger charge is -2.22. The fourth-order valence-electron chi connectivity index (χ4n) is 6.84. The maximum absolute atomic E-state index is 13.5. The first-order chi connectivity index (χ1) is 23.4. The first-order valence-electron chi connectivity index (χ1n) is 19.7. The van der Waals surface area contributed by atoms with Crippen molar-refractivity contribution in [2.45, 2.75) is 181 Å². The Morgan fingerprint density at radius 3 is 1.56 bits per heavy atom. The summed E-state index contributed by atoms with van der Waals surface area (Å²) in [5, 5.41) is 21.4. The molecule has 0 fully saturated rings. The van der Waals surface area contributed by atoms with Gasteiger partial charge in [-0.15, -0.1) is 0 Å². The predicted octanol–water partition coefficient (Wildman–Crippen LogP) is 12.4. The second-order valence-electron chi connectivity index (χ2n) is 13.9. The molecule has 0 spiro atoms. The molecule has 1 aliphatic carbocycles. The van der Waals surface area contributed by atoms with Crippen LogP contribution >= 0.6 is 0 Å². The molecule has 270 valence electrons. The van der Waals surface area contributed by atoms with Gasteiger partial charge >= 0.3 is 0 Å². The number of unbranched alkanes of at least 4 members (excludes halogenated alkanes) is 21. The lowest BCUT2D eigenvalue weighted by molar-refractivity contribution is -0.117. The van der Waals surface area contributed by atoms with Crippen molar-refractivity contribution in [3.63, 3.8) is 0 Å². The molecule has 0 amide bonds. The number of ketones is 2. The van der Waals surface area contributed by atoms with Crippen LogP contribution < -0.4 is 0 Å². The van der Waals surface area contributed by atoms with Gasteiger partial charge < -0.3 is 14.9 Å². The first kappa shape index (κ1) is 41.4. The summed E-state index contributed by atoms with van der Waals surface area (Å²) in [6.45, 7) is 4.50. The van der Waals surface area contributed by atoms with Crippen LogP contribution in [0.4, 0.5) is 0 Å². The van der Waals surface area contributed by atoms with Crippen LogP contribution in [0, 0.1) is 0 Å². The molecule has 2 N–H and O–H groups in total. The molecule has 0 saturated carbocycles. The van der Waals surface area contributed by atoms with Gasteiger partial charge in [-0.25, -0.2) is 0 Å². The summed E-state index contributed by atoms with van der Waals surface area (Å²) in [6, 6.07) is 2.92. The summed E-state index contributed by atoms with van der Waals surface area (Å²) in [5.41, 5.74) is 1.80. The minimum Gasteiger partial charge on any atom is -0.508 e. The SMILES string of the molecule is CCCCCCCC/C=C\CCCCCCCC1=C(c2c(O)cc(O)cc2CCCCCCCCCCCCC)C(=O)C=C(OC)C1=O. The van der Waals surface area contributed by atoms with E-state index < -0.39 is 0 Å². The Balaban J connectivity index is 1.91. The largest absolute Gasteiger partial charge is 0.508 e. The predicted molar refractivity (Wildman–Crippen MR) is 201 cm³/mol. The Hall–Kier alpha value is -2.82. The summed E-state index contributed by atoms with van der Waals surface area (Å²) >= 11 is 0. The Morgan fingerprint density at radius 1 is 0.604 bits per heavy atom. The first-order valence-corrected chi connectivity index (χ1v) is 19.7. The molecule has 0 radical (unpaired) electrons.